The minimum atomic E-state index is -1.56. The van der Waals surface area contributed by atoms with Crippen LogP contribution in [0.4, 0.5) is 8.78 Å². The Kier molecular flexibility index (Phi) is 6.47. The summed E-state index contributed by atoms with van der Waals surface area (Å²) >= 11 is 0. The Balaban J connectivity index is 1.84. The Morgan fingerprint density at radius 3 is 2.45 bits per heavy atom. The fourth-order valence-electron chi connectivity index (χ4n) is 3.22. The van der Waals surface area contributed by atoms with E-state index in [4.69, 9.17) is 9.47 Å². The maximum absolute atomic E-state index is 14.0. The van der Waals surface area contributed by atoms with Gasteiger partial charge in [-0.05, 0) is 42.9 Å². The molecule has 0 saturated heterocycles. The van der Waals surface area contributed by atoms with E-state index in [0.717, 1.165) is 24.8 Å². The molecule has 4 heteroatoms. The molecule has 22 heavy (non-hydrogen) atoms. The van der Waals surface area contributed by atoms with Crippen LogP contribution in [0.3, 0.4) is 0 Å². The summed E-state index contributed by atoms with van der Waals surface area (Å²) in [6, 6.07) is 0. The van der Waals surface area contributed by atoms with Gasteiger partial charge in [-0.1, -0.05) is 32.6 Å². The molecule has 2 aliphatic carbocycles. The van der Waals surface area contributed by atoms with Gasteiger partial charge in [-0.2, -0.15) is 0 Å². The van der Waals surface area contributed by atoms with Crippen LogP contribution in [-0.2, 0) is 9.47 Å². The van der Waals surface area contributed by atoms with Crippen molar-refractivity contribution >= 4 is 0 Å². The van der Waals surface area contributed by atoms with Crippen molar-refractivity contribution < 1.29 is 18.3 Å². The zero-order valence-electron chi connectivity index (χ0n) is 13.5. The lowest BCUT2D eigenvalue weighted by atomic mass is 9.80. The van der Waals surface area contributed by atoms with Crippen LogP contribution in [0.5, 0.6) is 0 Å². The molecule has 0 aliphatic heterocycles. The first kappa shape index (κ1) is 17.0. The Labute approximate surface area is 131 Å². The predicted octanol–water partition coefficient (Wildman–Crippen LogP) is 5.23. The number of alkyl halides is 1. The highest BCUT2D eigenvalue weighted by molar-refractivity contribution is 5.32. The van der Waals surface area contributed by atoms with Crippen LogP contribution in [0.2, 0.25) is 0 Å². The molecule has 0 radical (unpaired) electrons. The zero-order chi connectivity index (χ0) is 15.9. The number of allylic oxidation sites excluding steroid dienone is 4. The van der Waals surface area contributed by atoms with Crippen molar-refractivity contribution in [2.45, 2.75) is 51.6 Å². The monoisotopic (exact) mass is 312 g/mol. The minimum Gasteiger partial charge on any atom is -0.494 e. The van der Waals surface area contributed by atoms with Crippen molar-refractivity contribution in [3.63, 3.8) is 0 Å². The highest BCUT2D eigenvalue weighted by atomic mass is 19.1. The molecule has 2 aliphatic rings. The SMILES string of the molecule is CCCC1CCC(COC2=CC=C(OC)C(F)=CC2F)CC1. The normalized spacial score (nSPS) is 29.1. The summed E-state index contributed by atoms with van der Waals surface area (Å²) in [7, 11) is 1.36. The smallest absolute Gasteiger partial charge is 0.178 e. The van der Waals surface area contributed by atoms with Gasteiger partial charge in [-0.15, -0.1) is 0 Å². The average Bonchev–Trinajstić information content (AvgIpc) is 2.65. The van der Waals surface area contributed by atoms with E-state index in [-0.39, 0.29) is 11.5 Å². The maximum Gasteiger partial charge on any atom is 0.178 e. The lowest BCUT2D eigenvalue weighted by Crippen LogP contribution is -2.19. The molecule has 1 saturated carbocycles. The number of halogens is 2. The molecule has 0 N–H and O–H groups in total. The topological polar surface area (TPSA) is 18.5 Å². The first-order valence-corrected chi connectivity index (χ1v) is 8.24. The van der Waals surface area contributed by atoms with Gasteiger partial charge in [0.05, 0.1) is 13.7 Å². The Morgan fingerprint density at radius 2 is 1.82 bits per heavy atom. The second kappa shape index (κ2) is 8.35. The van der Waals surface area contributed by atoms with E-state index >= 15 is 0 Å². The van der Waals surface area contributed by atoms with E-state index in [2.05, 4.69) is 6.92 Å². The number of methoxy groups -OCH3 is 1. The third-order valence-corrected chi connectivity index (χ3v) is 4.57. The third-order valence-electron chi connectivity index (χ3n) is 4.57. The Bertz CT molecular complexity index is 446. The van der Waals surface area contributed by atoms with Gasteiger partial charge < -0.3 is 9.47 Å². The van der Waals surface area contributed by atoms with E-state index in [1.54, 1.807) is 0 Å². The summed E-state index contributed by atoms with van der Waals surface area (Å²) < 4.78 is 38.1. The number of hydrogen-bond donors (Lipinski definition) is 0. The number of rotatable bonds is 6. The molecule has 0 aromatic carbocycles. The summed E-state index contributed by atoms with van der Waals surface area (Å²) in [5.74, 6) is 0.824. The van der Waals surface area contributed by atoms with Gasteiger partial charge in [0.15, 0.2) is 17.8 Å². The van der Waals surface area contributed by atoms with E-state index in [0.29, 0.717) is 12.5 Å². The van der Waals surface area contributed by atoms with Gasteiger partial charge in [0.2, 0.25) is 0 Å². The number of hydrogen-bond acceptors (Lipinski definition) is 2. The van der Waals surface area contributed by atoms with Crippen molar-refractivity contribution in [1.29, 1.82) is 0 Å². The van der Waals surface area contributed by atoms with E-state index in [1.165, 1.54) is 44.9 Å². The highest BCUT2D eigenvalue weighted by Crippen LogP contribution is 2.32. The molecule has 0 heterocycles. The lowest BCUT2D eigenvalue weighted by molar-refractivity contribution is 0.106. The van der Waals surface area contributed by atoms with Gasteiger partial charge in [0, 0.05) is 0 Å². The van der Waals surface area contributed by atoms with E-state index < -0.39 is 12.0 Å². The molecule has 124 valence electrons. The lowest BCUT2D eigenvalue weighted by Gasteiger charge is -2.28. The highest BCUT2D eigenvalue weighted by Gasteiger charge is 2.23. The fraction of sp³-hybridized carbons (Fsp3) is 0.667. The molecule has 0 bridgehead atoms. The van der Waals surface area contributed by atoms with E-state index in [1.807, 2.05) is 0 Å². The van der Waals surface area contributed by atoms with Gasteiger partial charge in [0.25, 0.3) is 0 Å². The van der Waals surface area contributed by atoms with Gasteiger partial charge in [-0.25, -0.2) is 8.78 Å². The molecule has 1 unspecified atom stereocenters. The second-order valence-corrected chi connectivity index (χ2v) is 6.21. The first-order chi connectivity index (χ1) is 10.6. The molecular weight excluding hydrogens is 286 g/mol. The van der Waals surface area contributed by atoms with Crippen LogP contribution in [0.15, 0.2) is 35.6 Å². The molecule has 0 aromatic heterocycles. The van der Waals surface area contributed by atoms with Crippen LogP contribution >= 0.6 is 0 Å². The summed E-state index contributed by atoms with van der Waals surface area (Å²) in [4.78, 5) is 0. The van der Waals surface area contributed by atoms with Crippen molar-refractivity contribution in [1.82, 2.24) is 0 Å². The maximum atomic E-state index is 14.0. The standard InChI is InChI=1S/C18H26F2O2/c1-3-4-13-5-7-14(8-6-13)12-22-18-10-9-17(21-2)15(19)11-16(18)20/h9-11,13-14,16H,3-8,12H2,1-2H3. The molecule has 0 amide bonds. The largest absolute Gasteiger partial charge is 0.494 e. The van der Waals surface area contributed by atoms with Crippen molar-refractivity contribution in [3.8, 4) is 0 Å². The zero-order valence-corrected chi connectivity index (χ0v) is 13.5. The summed E-state index contributed by atoms with van der Waals surface area (Å²) in [5.41, 5.74) is 0. The fourth-order valence-corrected chi connectivity index (χ4v) is 3.22. The molecule has 1 fully saturated rings. The van der Waals surface area contributed by atoms with Crippen LogP contribution in [0.25, 0.3) is 0 Å². The van der Waals surface area contributed by atoms with Gasteiger partial charge in [0.1, 0.15) is 5.76 Å². The second-order valence-electron chi connectivity index (χ2n) is 6.21. The number of ether oxygens (including phenoxy) is 2. The van der Waals surface area contributed by atoms with Gasteiger partial charge in [-0.3, -0.25) is 0 Å². The van der Waals surface area contributed by atoms with Crippen molar-refractivity contribution in [2.24, 2.45) is 11.8 Å². The van der Waals surface area contributed by atoms with Crippen LogP contribution in [0.1, 0.15) is 45.4 Å². The molecule has 0 aromatic rings. The molecular formula is C18H26F2O2. The molecule has 2 rings (SSSR count). The summed E-state index contributed by atoms with van der Waals surface area (Å²) in [5, 5.41) is 0. The Morgan fingerprint density at radius 1 is 1.14 bits per heavy atom. The predicted molar refractivity (Wildman–Crippen MR) is 83.6 cm³/mol. The van der Waals surface area contributed by atoms with Crippen LogP contribution in [-0.4, -0.2) is 19.9 Å². The van der Waals surface area contributed by atoms with Crippen LogP contribution < -0.4 is 0 Å². The average molecular weight is 312 g/mol. The summed E-state index contributed by atoms with van der Waals surface area (Å²) in [6.45, 7) is 2.74. The first-order valence-electron chi connectivity index (χ1n) is 8.24. The van der Waals surface area contributed by atoms with Crippen molar-refractivity contribution in [3.05, 3.63) is 35.6 Å². The van der Waals surface area contributed by atoms with Crippen molar-refractivity contribution in [2.75, 3.05) is 13.7 Å². The minimum absolute atomic E-state index is 0.0290. The van der Waals surface area contributed by atoms with Gasteiger partial charge >= 0.3 is 0 Å². The quantitative estimate of drug-likeness (QED) is 0.668. The third kappa shape index (κ3) is 4.59. The molecule has 0 spiro atoms. The summed E-state index contributed by atoms with van der Waals surface area (Å²) in [6.07, 6.45) is 9.52. The van der Waals surface area contributed by atoms with Crippen LogP contribution in [0, 0.1) is 11.8 Å². The van der Waals surface area contributed by atoms with E-state index in [9.17, 15) is 8.78 Å². The molecule has 1 atom stereocenters. The Hall–Kier alpha value is -1.32. The molecule has 2 nitrogen and oxygen atoms in total.